The molecule has 1 fully saturated rings. The first-order chi connectivity index (χ1) is 14.3. The third kappa shape index (κ3) is 5.26. The molecule has 0 N–H and O–H groups in total. The maximum absolute atomic E-state index is 12.5. The zero-order valence-corrected chi connectivity index (χ0v) is 17.6. The standard InChI is InChI=1S/C24H27NO5/c1-16-5-4-6-17(2)25(16)23(27)15-29-24(28)21-9-7-19(8-10-21)20-11-13-22(14-12-20)30-18(3)26/h7-14,16-17H,4-6,15H2,1-3H3/t16-,17-/m0/s1. The quantitative estimate of drug-likeness (QED) is 0.546. The van der Waals surface area contributed by atoms with Crippen molar-refractivity contribution in [2.24, 2.45) is 0 Å². The summed E-state index contributed by atoms with van der Waals surface area (Å²) in [5, 5.41) is 0. The Labute approximate surface area is 176 Å². The molecule has 0 radical (unpaired) electrons. The van der Waals surface area contributed by atoms with Crippen molar-refractivity contribution < 1.29 is 23.9 Å². The van der Waals surface area contributed by atoms with Crippen molar-refractivity contribution in [3.63, 3.8) is 0 Å². The lowest BCUT2D eigenvalue weighted by Crippen LogP contribution is -2.49. The Morgan fingerprint density at radius 2 is 1.43 bits per heavy atom. The number of amides is 1. The Balaban J connectivity index is 1.58. The van der Waals surface area contributed by atoms with E-state index in [0.717, 1.165) is 30.4 Å². The Morgan fingerprint density at radius 1 is 0.900 bits per heavy atom. The van der Waals surface area contributed by atoms with Gasteiger partial charge >= 0.3 is 11.9 Å². The van der Waals surface area contributed by atoms with Crippen molar-refractivity contribution in [3.8, 4) is 16.9 Å². The van der Waals surface area contributed by atoms with Gasteiger partial charge in [0.1, 0.15) is 5.75 Å². The van der Waals surface area contributed by atoms with Crippen LogP contribution in [0.25, 0.3) is 11.1 Å². The Hall–Kier alpha value is -3.15. The van der Waals surface area contributed by atoms with E-state index < -0.39 is 5.97 Å². The molecule has 0 aromatic heterocycles. The third-order valence-electron chi connectivity index (χ3n) is 5.38. The molecule has 6 nitrogen and oxygen atoms in total. The Morgan fingerprint density at radius 3 is 1.97 bits per heavy atom. The van der Waals surface area contributed by atoms with Crippen molar-refractivity contribution in [2.75, 3.05) is 6.61 Å². The van der Waals surface area contributed by atoms with Crippen LogP contribution in [0, 0.1) is 0 Å². The highest BCUT2D eigenvalue weighted by atomic mass is 16.5. The fourth-order valence-electron chi connectivity index (χ4n) is 3.88. The Kier molecular flexibility index (Phi) is 6.87. The predicted molar refractivity (Wildman–Crippen MR) is 113 cm³/mol. The van der Waals surface area contributed by atoms with Crippen LogP contribution < -0.4 is 4.74 Å². The van der Waals surface area contributed by atoms with Gasteiger partial charge in [-0.1, -0.05) is 24.3 Å². The van der Waals surface area contributed by atoms with Gasteiger partial charge in [0.25, 0.3) is 5.91 Å². The van der Waals surface area contributed by atoms with Crippen LogP contribution >= 0.6 is 0 Å². The first-order valence-corrected chi connectivity index (χ1v) is 10.2. The molecule has 2 aromatic carbocycles. The topological polar surface area (TPSA) is 72.9 Å². The molecule has 158 valence electrons. The van der Waals surface area contributed by atoms with E-state index >= 15 is 0 Å². The van der Waals surface area contributed by atoms with E-state index in [1.54, 1.807) is 24.3 Å². The summed E-state index contributed by atoms with van der Waals surface area (Å²) in [6.45, 7) is 5.18. The van der Waals surface area contributed by atoms with E-state index in [4.69, 9.17) is 9.47 Å². The van der Waals surface area contributed by atoms with Crippen LogP contribution in [-0.4, -0.2) is 41.4 Å². The molecule has 0 bridgehead atoms. The zero-order valence-electron chi connectivity index (χ0n) is 17.6. The molecule has 1 aliphatic heterocycles. The molecule has 0 unspecified atom stereocenters. The number of carbonyl (C=O) groups is 3. The average molecular weight is 409 g/mol. The van der Waals surface area contributed by atoms with Crippen LogP contribution in [0.4, 0.5) is 0 Å². The molecule has 2 aromatic rings. The SMILES string of the molecule is CC(=O)Oc1ccc(-c2ccc(C(=O)OCC(=O)N3[C@@H](C)CCC[C@@H]3C)cc2)cc1. The van der Waals surface area contributed by atoms with Gasteiger partial charge in [0.05, 0.1) is 5.56 Å². The van der Waals surface area contributed by atoms with Crippen LogP contribution in [0.5, 0.6) is 5.75 Å². The summed E-state index contributed by atoms with van der Waals surface area (Å²) in [7, 11) is 0. The Bertz CT molecular complexity index is 894. The van der Waals surface area contributed by atoms with E-state index in [0.29, 0.717) is 11.3 Å². The van der Waals surface area contributed by atoms with Gasteiger partial charge in [-0.05, 0) is 68.5 Å². The maximum Gasteiger partial charge on any atom is 0.338 e. The highest BCUT2D eigenvalue weighted by Gasteiger charge is 2.29. The minimum atomic E-state index is -0.516. The lowest BCUT2D eigenvalue weighted by atomic mass is 9.97. The van der Waals surface area contributed by atoms with Crippen LogP contribution in [0.2, 0.25) is 0 Å². The molecule has 1 saturated heterocycles. The van der Waals surface area contributed by atoms with Crippen LogP contribution in [0.15, 0.2) is 48.5 Å². The number of esters is 2. The molecule has 1 amide bonds. The fraction of sp³-hybridized carbons (Fsp3) is 0.375. The molecule has 1 aliphatic rings. The van der Waals surface area contributed by atoms with E-state index in [1.165, 1.54) is 6.92 Å². The summed E-state index contributed by atoms with van der Waals surface area (Å²) in [5.41, 5.74) is 2.23. The molecule has 2 atom stereocenters. The van der Waals surface area contributed by atoms with Crippen molar-refractivity contribution >= 4 is 17.8 Å². The van der Waals surface area contributed by atoms with Gasteiger partial charge < -0.3 is 14.4 Å². The number of hydrogen-bond acceptors (Lipinski definition) is 5. The molecule has 0 saturated carbocycles. The second-order valence-corrected chi connectivity index (χ2v) is 7.70. The number of hydrogen-bond donors (Lipinski definition) is 0. The van der Waals surface area contributed by atoms with Crippen LogP contribution in [0.3, 0.4) is 0 Å². The summed E-state index contributed by atoms with van der Waals surface area (Å²) in [6, 6.07) is 14.4. The first-order valence-electron chi connectivity index (χ1n) is 10.2. The van der Waals surface area contributed by atoms with Gasteiger partial charge in [-0.2, -0.15) is 0 Å². The van der Waals surface area contributed by atoms with Gasteiger partial charge in [-0.25, -0.2) is 4.79 Å². The second-order valence-electron chi connectivity index (χ2n) is 7.70. The molecular formula is C24H27NO5. The van der Waals surface area contributed by atoms with Gasteiger partial charge in [-0.3, -0.25) is 9.59 Å². The smallest absolute Gasteiger partial charge is 0.338 e. The van der Waals surface area contributed by atoms with E-state index in [1.807, 2.05) is 43.0 Å². The van der Waals surface area contributed by atoms with Gasteiger partial charge in [0.15, 0.2) is 6.61 Å². The molecule has 30 heavy (non-hydrogen) atoms. The lowest BCUT2D eigenvalue weighted by molar-refractivity contribution is -0.140. The zero-order chi connectivity index (χ0) is 21.7. The minimum Gasteiger partial charge on any atom is -0.452 e. The van der Waals surface area contributed by atoms with Crippen molar-refractivity contribution in [1.82, 2.24) is 4.90 Å². The number of piperidine rings is 1. The average Bonchev–Trinajstić information content (AvgIpc) is 2.72. The number of rotatable bonds is 5. The number of likely N-dealkylation sites (tertiary alicyclic amines) is 1. The summed E-state index contributed by atoms with van der Waals surface area (Å²) >= 11 is 0. The minimum absolute atomic E-state index is 0.146. The van der Waals surface area contributed by atoms with Gasteiger partial charge in [0.2, 0.25) is 0 Å². The van der Waals surface area contributed by atoms with Gasteiger partial charge in [0, 0.05) is 19.0 Å². The first kappa shape index (κ1) is 21.6. The number of ether oxygens (including phenoxy) is 2. The van der Waals surface area contributed by atoms with Crippen LogP contribution in [0.1, 0.15) is 50.4 Å². The van der Waals surface area contributed by atoms with E-state index in [2.05, 4.69) is 0 Å². The van der Waals surface area contributed by atoms with Crippen molar-refractivity contribution in [3.05, 3.63) is 54.1 Å². The number of benzene rings is 2. The molecule has 6 heteroatoms. The lowest BCUT2D eigenvalue weighted by Gasteiger charge is -2.38. The van der Waals surface area contributed by atoms with Crippen LogP contribution in [-0.2, 0) is 14.3 Å². The van der Waals surface area contributed by atoms with Crippen molar-refractivity contribution in [1.29, 1.82) is 0 Å². The monoisotopic (exact) mass is 409 g/mol. The number of nitrogens with zero attached hydrogens (tertiary/aromatic N) is 1. The molecule has 0 spiro atoms. The predicted octanol–water partition coefficient (Wildman–Crippen LogP) is 4.23. The summed E-state index contributed by atoms with van der Waals surface area (Å²) < 4.78 is 10.3. The second kappa shape index (κ2) is 9.57. The normalized spacial score (nSPS) is 18.6. The van der Waals surface area contributed by atoms with Gasteiger partial charge in [-0.15, -0.1) is 0 Å². The highest BCUT2D eigenvalue weighted by Crippen LogP contribution is 2.24. The fourth-order valence-corrected chi connectivity index (χ4v) is 3.88. The molecular weight excluding hydrogens is 382 g/mol. The maximum atomic E-state index is 12.5. The molecule has 1 heterocycles. The van der Waals surface area contributed by atoms with E-state index in [-0.39, 0.29) is 30.6 Å². The van der Waals surface area contributed by atoms with E-state index in [9.17, 15) is 14.4 Å². The highest BCUT2D eigenvalue weighted by molar-refractivity contribution is 5.92. The van der Waals surface area contributed by atoms with Crippen molar-refractivity contribution in [2.45, 2.75) is 52.1 Å². The summed E-state index contributed by atoms with van der Waals surface area (Å²) in [5.74, 6) is -0.549. The summed E-state index contributed by atoms with van der Waals surface area (Å²) in [6.07, 6.45) is 3.07. The molecule has 0 aliphatic carbocycles. The third-order valence-corrected chi connectivity index (χ3v) is 5.38. The largest absolute Gasteiger partial charge is 0.452 e. The number of carbonyl (C=O) groups excluding carboxylic acids is 3. The molecule has 3 rings (SSSR count). The summed E-state index contributed by atoms with van der Waals surface area (Å²) in [4.78, 5) is 37.7.